The maximum absolute atomic E-state index is 12.9. The summed E-state index contributed by atoms with van der Waals surface area (Å²) in [5, 5.41) is 2.76. The molecule has 4 rings (SSSR count). The molecular weight excluding hydrogens is 370 g/mol. The molecule has 0 aliphatic carbocycles. The number of hydrogen-bond donors (Lipinski definition) is 1. The van der Waals surface area contributed by atoms with E-state index in [4.69, 9.17) is 4.74 Å². The Kier molecular flexibility index (Phi) is 4.56. The molecule has 7 nitrogen and oxygen atoms in total. The quantitative estimate of drug-likeness (QED) is 0.693. The van der Waals surface area contributed by atoms with Crippen LogP contribution in [0.2, 0.25) is 0 Å². The summed E-state index contributed by atoms with van der Waals surface area (Å²) in [6.07, 6.45) is 1.54. The van der Waals surface area contributed by atoms with E-state index < -0.39 is 17.7 Å². The number of carbonyl (C=O) groups is 3. The van der Waals surface area contributed by atoms with E-state index in [0.29, 0.717) is 11.4 Å². The number of aryl methyl sites for hydroxylation is 1. The van der Waals surface area contributed by atoms with Crippen LogP contribution in [0.3, 0.4) is 0 Å². The van der Waals surface area contributed by atoms with Crippen LogP contribution in [0.4, 0.5) is 11.5 Å². The predicted octanol–water partition coefficient (Wildman–Crippen LogP) is 3.45. The van der Waals surface area contributed by atoms with Crippen LogP contribution in [0.25, 0.3) is 0 Å². The molecule has 1 aliphatic heterocycles. The fraction of sp³-hybridized carbons (Fsp3) is 0.0909. The first-order valence-electron chi connectivity index (χ1n) is 8.89. The van der Waals surface area contributed by atoms with Crippen molar-refractivity contribution >= 4 is 29.2 Å². The van der Waals surface area contributed by atoms with Crippen LogP contribution < -0.4 is 15.0 Å². The third-order valence-electron chi connectivity index (χ3n) is 4.61. The average Bonchev–Trinajstić information content (AvgIpc) is 2.98. The van der Waals surface area contributed by atoms with Crippen molar-refractivity contribution in [2.45, 2.75) is 6.92 Å². The molecule has 2 aromatic carbocycles. The van der Waals surface area contributed by atoms with E-state index >= 15 is 0 Å². The van der Waals surface area contributed by atoms with Gasteiger partial charge in [-0.15, -0.1) is 0 Å². The third-order valence-corrected chi connectivity index (χ3v) is 4.61. The van der Waals surface area contributed by atoms with Crippen molar-refractivity contribution < 1.29 is 19.1 Å². The number of hydrogen-bond acceptors (Lipinski definition) is 5. The number of benzene rings is 2. The number of ether oxygens (including phenoxy) is 1. The Balaban J connectivity index is 1.62. The van der Waals surface area contributed by atoms with Crippen LogP contribution in [0.15, 0.2) is 60.8 Å². The van der Waals surface area contributed by atoms with E-state index in [1.807, 2.05) is 6.92 Å². The van der Waals surface area contributed by atoms with Crippen molar-refractivity contribution in [2.75, 3.05) is 17.3 Å². The van der Waals surface area contributed by atoms with Crippen molar-refractivity contribution in [3.05, 3.63) is 83.0 Å². The van der Waals surface area contributed by atoms with Gasteiger partial charge in [0.2, 0.25) is 0 Å². The van der Waals surface area contributed by atoms with Gasteiger partial charge >= 0.3 is 0 Å². The summed E-state index contributed by atoms with van der Waals surface area (Å²) in [4.78, 5) is 43.3. The second kappa shape index (κ2) is 7.20. The minimum atomic E-state index is -0.501. The Labute approximate surface area is 166 Å². The predicted molar refractivity (Wildman–Crippen MR) is 108 cm³/mol. The van der Waals surface area contributed by atoms with Crippen LogP contribution in [-0.2, 0) is 0 Å². The molecule has 0 bridgehead atoms. The number of aromatic nitrogens is 1. The van der Waals surface area contributed by atoms with Gasteiger partial charge in [-0.1, -0.05) is 6.07 Å². The first-order valence-corrected chi connectivity index (χ1v) is 8.89. The molecule has 0 spiro atoms. The molecule has 3 aromatic rings. The molecule has 7 heteroatoms. The summed E-state index contributed by atoms with van der Waals surface area (Å²) in [5.41, 5.74) is 2.13. The van der Waals surface area contributed by atoms with Crippen molar-refractivity contribution in [2.24, 2.45) is 0 Å². The summed E-state index contributed by atoms with van der Waals surface area (Å²) in [5.74, 6) is -0.479. The topological polar surface area (TPSA) is 88.6 Å². The highest BCUT2D eigenvalue weighted by Gasteiger charge is 2.38. The van der Waals surface area contributed by atoms with Gasteiger partial charge < -0.3 is 10.1 Å². The van der Waals surface area contributed by atoms with Gasteiger partial charge in [-0.3, -0.25) is 14.4 Å². The van der Waals surface area contributed by atoms with Gasteiger partial charge in [-0.2, -0.15) is 0 Å². The molecule has 0 saturated carbocycles. The highest BCUT2D eigenvalue weighted by molar-refractivity contribution is 6.34. The molecule has 1 aromatic heterocycles. The zero-order valence-corrected chi connectivity index (χ0v) is 15.8. The highest BCUT2D eigenvalue weighted by atomic mass is 16.5. The van der Waals surface area contributed by atoms with E-state index in [9.17, 15) is 14.4 Å². The van der Waals surface area contributed by atoms with Crippen LogP contribution in [-0.4, -0.2) is 29.8 Å². The third kappa shape index (κ3) is 3.34. The molecule has 0 saturated heterocycles. The van der Waals surface area contributed by atoms with Crippen molar-refractivity contribution in [1.29, 1.82) is 0 Å². The minimum Gasteiger partial charge on any atom is -0.497 e. The van der Waals surface area contributed by atoms with Crippen molar-refractivity contribution in [3.8, 4) is 5.75 Å². The number of imide groups is 1. The maximum atomic E-state index is 12.9. The van der Waals surface area contributed by atoms with E-state index in [1.54, 1.807) is 49.7 Å². The monoisotopic (exact) mass is 387 g/mol. The van der Waals surface area contributed by atoms with E-state index in [-0.39, 0.29) is 22.5 Å². The second-order valence-corrected chi connectivity index (χ2v) is 6.58. The molecule has 0 unspecified atom stereocenters. The number of pyridine rings is 1. The standard InChI is InChI=1S/C22H17N3O4/c1-13-8-9-23-19(10-13)25-21(27)17-7-6-14(11-18(17)22(25)28)20(26)24-15-4-3-5-16(12-15)29-2/h3-12H,1-2H3,(H,24,26). The summed E-state index contributed by atoms with van der Waals surface area (Å²) in [7, 11) is 1.54. The zero-order valence-electron chi connectivity index (χ0n) is 15.8. The summed E-state index contributed by atoms with van der Waals surface area (Å²) < 4.78 is 5.15. The van der Waals surface area contributed by atoms with Crippen LogP contribution in [0.1, 0.15) is 36.6 Å². The van der Waals surface area contributed by atoms with Gasteiger partial charge in [0.15, 0.2) is 0 Å². The Morgan fingerprint density at radius 2 is 1.79 bits per heavy atom. The fourth-order valence-corrected chi connectivity index (χ4v) is 3.14. The molecule has 1 N–H and O–H groups in total. The molecule has 29 heavy (non-hydrogen) atoms. The first-order chi connectivity index (χ1) is 14.0. The SMILES string of the molecule is COc1cccc(NC(=O)c2ccc3c(c2)C(=O)N(c2cc(C)ccn2)C3=O)c1. The van der Waals surface area contributed by atoms with E-state index in [2.05, 4.69) is 10.3 Å². The van der Waals surface area contributed by atoms with Gasteiger partial charge in [0, 0.05) is 23.5 Å². The maximum Gasteiger partial charge on any atom is 0.267 e. The molecular formula is C22H17N3O4. The van der Waals surface area contributed by atoms with Crippen LogP contribution in [0, 0.1) is 6.92 Å². The number of methoxy groups -OCH3 is 1. The molecule has 0 atom stereocenters. The number of carbonyl (C=O) groups excluding carboxylic acids is 3. The summed E-state index contributed by atoms with van der Waals surface area (Å²) in [6, 6.07) is 14.8. The smallest absolute Gasteiger partial charge is 0.267 e. The highest BCUT2D eigenvalue weighted by Crippen LogP contribution is 2.28. The van der Waals surface area contributed by atoms with E-state index in [1.165, 1.54) is 18.2 Å². The number of nitrogens with zero attached hydrogens (tertiary/aromatic N) is 2. The Hall–Kier alpha value is -4.00. The molecule has 2 heterocycles. The fourth-order valence-electron chi connectivity index (χ4n) is 3.14. The summed E-state index contributed by atoms with van der Waals surface area (Å²) >= 11 is 0. The van der Waals surface area contributed by atoms with Gasteiger partial charge in [0.1, 0.15) is 11.6 Å². The molecule has 144 valence electrons. The lowest BCUT2D eigenvalue weighted by molar-refractivity contribution is 0.0924. The van der Waals surface area contributed by atoms with Gasteiger partial charge in [-0.25, -0.2) is 9.88 Å². The van der Waals surface area contributed by atoms with Crippen LogP contribution in [0.5, 0.6) is 5.75 Å². The Morgan fingerprint density at radius 3 is 2.55 bits per heavy atom. The normalized spacial score (nSPS) is 12.7. The zero-order chi connectivity index (χ0) is 20.5. The van der Waals surface area contributed by atoms with Crippen molar-refractivity contribution in [1.82, 2.24) is 4.98 Å². The average molecular weight is 387 g/mol. The lowest BCUT2D eigenvalue weighted by atomic mass is 10.1. The molecule has 0 radical (unpaired) electrons. The Morgan fingerprint density at radius 1 is 1.00 bits per heavy atom. The van der Waals surface area contributed by atoms with Gasteiger partial charge in [0.05, 0.1) is 18.2 Å². The van der Waals surface area contributed by atoms with Gasteiger partial charge in [0.25, 0.3) is 17.7 Å². The van der Waals surface area contributed by atoms with E-state index in [0.717, 1.165) is 10.5 Å². The lowest BCUT2D eigenvalue weighted by Crippen LogP contribution is -2.30. The molecule has 1 aliphatic rings. The van der Waals surface area contributed by atoms with Crippen LogP contribution >= 0.6 is 0 Å². The molecule has 0 fully saturated rings. The van der Waals surface area contributed by atoms with Crippen molar-refractivity contribution in [3.63, 3.8) is 0 Å². The number of amides is 3. The van der Waals surface area contributed by atoms with Gasteiger partial charge in [-0.05, 0) is 55.0 Å². The second-order valence-electron chi connectivity index (χ2n) is 6.58. The number of nitrogens with one attached hydrogen (secondary N) is 1. The lowest BCUT2D eigenvalue weighted by Gasteiger charge is -2.12. The minimum absolute atomic E-state index is 0.177. The number of rotatable bonds is 4. The largest absolute Gasteiger partial charge is 0.497 e. The number of fused-ring (bicyclic) bond motifs is 1. The number of anilines is 2. The first kappa shape index (κ1) is 18.4. The Bertz CT molecular complexity index is 1160. The summed E-state index contributed by atoms with van der Waals surface area (Å²) in [6.45, 7) is 1.85. The molecule has 3 amide bonds.